The summed E-state index contributed by atoms with van der Waals surface area (Å²) in [5.74, 6) is -0.232. The third-order valence-corrected chi connectivity index (χ3v) is 4.27. The highest BCUT2D eigenvalue weighted by molar-refractivity contribution is 7.15. The fourth-order valence-electron chi connectivity index (χ4n) is 1.81. The summed E-state index contributed by atoms with van der Waals surface area (Å²) in [6.45, 7) is 7.07. The summed E-state index contributed by atoms with van der Waals surface area (Å²) in [7, 11) is 1.91. The van der Waals surface area contributed by atoms with Gasteiger partial charge in [-0.3, -0.25) is 0 Å². The number of halogens is 1. The Hall–Kier alpha value is -1.46. The fourth-order valence-corrected chi connectivity index (χ4v) is 2.81. The molecule has 108 valence electrons. The lowest BCUT2D eigenvalue weighted by atomic mass is 10.3. The Morgan fingerprint density at radius 3 is 2.80 bits per heavy atom. The molecular formula is C15H20FN3S. The molecule has 0 radical (unpaired) electrons. The maximum atomic E-state index is 13.3. The van der Waals surface area contributed by atoms with Crippen LogP contribution in [0.15, 0.2) is 24.3 Å². The number of rotatable bonds is 5. The smallest absolute Gasteiger partial charge is 0.190 e. The quantitative estimate of drug-likeness (QED) is 0.907. The van der Waals surface area contributed by atoms with Gasteiger partial charge in [-0.05, 0) is 25.1 Å². The summed E-state index contributed by atoms with van der Waals surface area (Å²) < 4.78 is 13.3. The molecule has 0 aliphatic carbocycles. The second-order valence-corrected chi connectivity index (χ2v) is 6.14. The third-order valence-electron chi connectivity index (χ3n) is 3.03. The zero-order chi connectivity index (χ0) is 14.7. The van der Waals surface area contributed by atoms with Crippen LogP contribution in [0.2, 0.25) is 0 Å². The van der Waals surface area contributed by atoms with E-state index in [0.29, 0.717) is 6.04 Å². The van der Waals surface area contributed by atoms with Crippen molar-refractivity contribution in [3.63, 3.8) is 0 Å². The summed E-state index contributed by atoms with van der Waals surface area (Å²) in [6, 6.07) is 7.00. The van der Waals surface area contributed by atoms with E-state index in [1.165, 1.54) is 17.0 Å². The van der Waals surface area contributed by atoms with Gasteiger partial charge in [0.2, 0.25) is 0 Å². The van der Waals surface area contributed by atoms with Crippen molar-refractivity contribution in [3.8, 4) is 0 Å². The average Bonchev–Trinajstić information content (AvgIpc) is 2.77. The number of nitrogens with zero attached hydrogens (tertiary/aromatic N) is 2. The van der Waals surface area contributed by atoms with Crippen LogP contribution >= 0.6 is 11.3 Å². The Balaban J connectivity index is 2.18. The first-order chi connectivity index (χ1) is 9.47. The number of anilines is 2. The normalized spacial score (nSPS) is 11.1. The van der Waals surface area contributed by atoms with E-state index in [1.807, 2.05) is 24.9 Å². The lowest BCUT2D eigenvalue weighted by Gasteiger charge is -2.15. The molecule has 0 amide bonds. The minimum absolute atomic E-state index is 0.232. The van der Waals surface area contributed by atoms with Crippen molar-refractivity contribution in [1.29, 1.82) is 0 Å². The van der Waals surface area contributed by atoms with E-state index >= 15 is 0 Å². The molecule has 3 nitrogen and oxygen atoms in total. The third kappa shape index (κ3) is 3.55. The highest BCUT2D eigenvalue weighted by Crippen LogP contribution is 2.30. The summed E-state index contributed by atoms with van der Waals surface area (Å²) in [5.41, 5.74) is 1.84. The molecule has 5 heteroatoms. The van der Waals surface area contributed by atoms with Gasteiger partial charge in [-0.15, -0.1) is 0 Å². The average molecular weight is 293 g/mol. The second kappa shape index (κ2) is 6.33. The standard InChI is InChI=1S/C15H20FN3S/c1-10(2)17-9-14-11(3)18-15(20-14)19(4)13-7-5-6-12(16)8-13/h5-8,10,17H,9H2,1-4H3. The molecule has 1 heterocycles. The molecule has 2 rings (SSSR count). The molecule has 0 atom stereocenters. The van der Waals surface area contributed by atoms with Gasteiger partial charge in [-0.2, -0.15) is 0 Å². The van der Waals surface area contributed by atoms with Crippen molar-refractivity contribution >= 4 is 22.2 Å². The maximum Gasteiger partial charge on any atom is 0.190 e. The van der Waals surface area contributed by atoms with Crippen molar-refractivity contribution < 1.29 is 4.39 Å². The molecule has 0 bridgehead atoms. The maximum absolute atomic E-state index is 13.3. The van der Waals surface area contributed by atoms with Crippen LogP contribution in [0.1, 0.15) is 24.4 Å². The SMILES string of the molecule is Cc1nc(N(C)c2cccc(F)c2)sc1CNC(C)C. The van der Waals surface area contributed by atoms with Gasteiger partial charge in [0.1, 0.15) is 5.82 Å². The van der Waals surface area contributed by atoms with Gasteiger partial charge >= 0.3 is 0 Å². The Bertz CT molecular complexity index is 580. The number of benzene rings is 1. The van der Waals surface area contributed by atoms with Crippen LogP contribution < -0.4 is 10.2 Å². The van der Waals surface area contributed by atoms with Crippen LogP contribution in [0.25, 0.3) is 0 Å². The molecular weight excluding hydrogens is 273 g/mol. The molecule has 0 aliphatic heterocycles. The number of thiazole rings is 1. The number of aryl methyl sites for hydroxylation is 1. The molecule has 1 aromatic heterocycles. The molecule has 0 spiro atoms. The van der Waals surface area contributed by atoms with Crippen molar-refractivity contribution in [2.45, 2.75) is 33.4 Å². The Kier molecular flexibility index (Phi) is 4.73. The van der Waals surface area contributed by atoms with Crippen molar-refractivity contribution in [2.24, 2.45) is 0 Å². The lowest BCUT2D eigenvalue weighted by Crippen LogP contribution is -2.21. The second-order valence-electron chi connectivity index (χ2n) is 5.08. The van der Waals surface area contributed by atoms with Gasteiger partial charge in [0.25, 0.3) is 0 Å². The molecule has 0 fully saturated rings. The first-order valence-electron chi connectivity index (χ1n) is 6.66. The van der Waals surface area contributed by atoms with E-state index in [0.717, 1.165) is 23.1 Å². The number of hydrogen-bond acceptors (Lipinski definition) is 4. The van der Waals surface area contributed by atoms with Crippen LogP contribution in [0.5, 0.6) is 0 Å². The van der Waals surface area contributed by atoms with Gasteiger partial charge < -0.3 is 10.2 Å². The van der Waals surface area contributed by atoms with E-state index in [1.54, 1.807) is 17.4 Å². The van der Waals surface area contributed by atoms with Crippen LogP contribution in [-0.4, -0.2) is 18.1 Å². The molecule has 20 heavy (non-hydrogen) atoms. The molecule has 1 aromatic carbocycles. The van der Waals surface area contributed by atoms with Gasteiger partial charge in [0, 0.05) is 30.2 Å². The minimum Gasteiger partial charge on any atom is -0.321 e. The molecule has 0 saturated heterocycles. The van der Waals surface area contributed by atoms with Crippen LogP contribution in [0.4, 0.5) is 15.2 Å². The van der Waals surface area contributed by atoms with Gasteiger partial charge in [-0.1, -0.05) is 31.3 Å². The van der Waals surface area contributed by atoms with E-state index in [4.69, 9.17) is 0 Å². The predicted octanol–water partition coefficient (Wildman–Crippen LogP) is 3.86. The van der Waals surface area contributed by atoms with Gasteiger partial charge in [0.15, 0.2) is 5.13 Å². The summed E-state index contributed by atoms with van der Waals surface area (Å²) >= 11 is 1.64. The van der Waals surface area contributed by atoms with Crippen LogP contribution in [0.3, 0.4) is 0 Å². The van der Waals surface area contributed by atoms with Crippen molar-refractivity contribution in [2.75, 3.05) is 11.9 Å². The van der Waals surface area contributed by atoms with Crippen LogP contribution in [0, 0.1) is 12.7 Å². The van der Waals surface area contributed by atoms with Gasteiger partial charge in [-0.25, -0.2) is 9.37 Å². The number of hydrogen-bond donors (Lipinski definition) is 1. The highest BCUT2D eigenvalue weighted by atomic mass is 32.1. The highest BCUT2D eigenvalue weighted by Gasteiger charge is 2.13. The zero-order valence-electron chi connectivity index (χ0n) is 12.3. The zero-order valence-corrected chi connectivity index (χ0v) is 13.1. The summed E-state index contributed by atoms with van der Waals surface area (Å²) in [6.07, 6.45) is 0. The van der Waals surface area contributed by atoms with E-state index < -0.39 is 0 Å². The van der Waals surface area contributed by atoms with Gasteiger partial charge in [0.05, 0.1) is 5.69 Å². The predicted molar refractivity (Wildman–Crippen MR) is 83.3 cm³/mol. The summed E-state index contributed by atoms with van der Waals surface area (Å²) in [4.78, 5) is 7.71. The molecule has 0 unspecified atom stereocenters. The largest absolute Gasteiger partial charge is 0.321 e. The lowest BCUT2D eigenvalue weighted by molar-refractivity contribution is 0.591. The van der Waals surface area contributed by atoms with E-state index in [-0.39, 0.29) is 5.82 Å². The minimum atomic E-state index is -0.232. The molecule has 2 aromatic rings. The fraction of sp³-hybridized carbons (Fsp3) is 0.400. The van der Waals surface area contributed by atoms with Crippen molar-refractivity contribution in [1.82, 2.24) is 10.3 Å². The van der Waals surface area contributed by atoms with Crippen molar-refractivity contribution in [3.05, 3.63) is 40.7 Å². The topological polar surface area (TPSA) is 28.2 Å². The van der Waals surface area contributed by atoms with Crippen LogP contribution in [-0.2, 0) is 6.54 Å². The van der Waals surface area contributed by atoms with E-state index in [2.05, 4.69) is 24.1 Å². The molecule has 0 saturated carbocycles. The Morgan fingerprint density at radius 2 is 2.15 bits per heavy atom. The Morgan fingerprint density at radius 1 is 1.40 bits per heavy atom. The Labute approximate surface area is 123 Å². The number of aromatic nitrogens is 1. The summed E-state index contributed by atoms with van der Waals surface area (Å²) in [5, 5.41) is 4.28. The van der Waals surface area contributed by atoms with E-state index in [9.17, 15) is 4.39 Å². The first-order valence-corrected chi connectivity index (χ1v) is 7.48. The first kappa shape index (κ1) is 14.9. The molecule has 1 N–H and O–H groups in total. The number of nitrogens with one attached hydrogen (secondary N) is 1. The molecule has 0 aliphatic rings. The monoisotopic (exact) mass is 293 g/mol.